The second-order valence-electron chi connectivity index (χ2n) is 5.29. The van der Waals surface area contributed by atoms with E-state index in [1.807, 2.05) is 6.07 Å². The third-order valence-electron chi connectivity index (χ3n) is 3.76. The average molecular weight is 286 g/mol. The van der Waals surface area contributed by atoms with E-state index in [1.54, 1.807) is 4.90 Å². The molecule has 2 heterocycles. The first-order chi connectivity index (χ1) is 10.1. The van der Waals surface area contributed by atoms with Crippen LogP contribution in [0.15, 0.2) is 35.1 Å². The van der Waals surface area contributed by atoms with Gasteiger partial charge in [0.1, 0.15) is 5.69 Å². The van der Waals surface area contributed by atoms with E-state index in [9.17, 15) is 9.59 Å². The minimum Gasteiger partial charge on any atom is -0.368 e. The number of H-pyrrole nitrogens is 2. The summed E-state index contributed by atoms with van der Waals surface area (Å²) in [6, 6.07) is 9.67. The molecule has 1 saturated heterocycles. The van der Waals surface area contributed by atoms with Crippen LogP contribution in [0.2, 0.25) is 0 Å². The fourth-order valence-electron chi connectivity index (χ4n) is 2.61. The van der Waals surface area contributed by atoms with Gasteiger partial charge in [-0.3, -0.25) is 19.8 Å². The first kappa shape index (κ1) is 13.5. The maximum atomic E-state index is 12.2. The van der Waals surface area contributed by atoms with E-state index in [0.29, 0.717) is 18.8 Å². The Morgan fingerprint density at radius 2 is 1.86 bits per heavy atom. The monoisotopic (exact) mass is 286 g/mol. The van der Waals surface area contributed by atoms with E-state index in [-0.39, 0.29) is 11.5 Å². The molecule has 1 aliphatic rings. The molecular formula is C15H18N4O2. The number of piperazine rings is 1. The van der Waals surface area contributed by atoms with Crippen molar-refractivity contribution < 1.29 is 4.79 Å². The standard InChI is InChI=1S/C15H18N4O2/c1-11-3-2-4-12(9-11)18-5-7-19(8-6-18)15(21)13-10-14(20)17-16-13/h2-4,9-10H,5-8H2,1H3,(H2,16,17,20). The molecule has 110 valence electrons. The van der Waals surface area contributed by atoms with Crippen molar-refractivity contribution in [2.75, 3.05) is 31.1 Å². The average Bonchev–Trinajstić information content (AvgIpc) is 2.93. The van der Waals surface area contributed by atoms with Crippen LogP contribution in [-0.4, -0.2) is 47.2 Å². The van der Waals surface area contributed by atoms with Crippen LogP contribution in [0.1, 0.15) is 16.1 Å². The largest absolute Gasteiger partial charge is 0.368 e. The zero-order valence-corrected chi connectivity index (χ0v) is 11.9. The van der Waals surface area contributed by atoms with Crippen molar-refractivity contribution in [3.63, 3.8) is 0 Å². The Hall–Kier alpha value is -2.50. The third-order valence-corrected chi connectivity index (χ3v) is 3.76. The van der Waals surface area contributed by atoms with E-state index >= 15 is 0 Å². The van der Waals surface area contributed by atoms with E-state index < -0.39 is 0 Å². The first-order valence-corrected chi connectivity index (χ1v) is 7.02. The van der Waals surface area contributed by atoms with Gasteiger partial charge in [0.25, 0.3) is 11.5 Å². The number of aryl methyl sites for hydroxylation is 1. The number of benzene rings is 1. The number of rotatable bonds is 2. The van der Waals surface area contributed by atoms with Gasteiger partial charge in [0.05, 0.1) is 0 Å². The summed E-state index contributed by atoms with van der Waals surface area (Å²) in [4.78, 5) is 27.4. The van der Waals surface area contributed by atoms with Crippen molar-refractivity contribution in [3.05, 3.63) is 51.9 Å². The summed E-state index contributed by atoms with van der Waals surface area (Å²) in [6.07, 6.45) is 0. The molecule has 0 bridgehead atoms. The second kappa shape index (κ2) is 5.47. The highest BCUT2D eigenvalue weighted by Gasteiger charge is 2.23. The Bertz CT molecular complexity index is 695. The van der Waals surface area contributed by atoms with E-state index in [2.05, 4.69) is 40.2 Å². The van der Waals surface area contributed by atoms with Gasteiger partial charge in [-0.15, -0.1) is 0 Å². The summed E-state index contributed by atoms with van der Waals surface area (Å²) in [5, 5.41) is 5.00. The van der Waals surface area contributed by atoms with Gasteiger partial charge in [0.15, 0.2) is 0 Å². The molecule has 1 fully saturated rings. The maximum Gasteiger partial charge on any atom is 0.272 e. The molecule has 0 radical (unpaired) electrons. The SMILES string of the molecule is Cc1cccc(N2CCN(C(=O)c3cc(=O)[nH][nH]3)CC2)c1. The van der Waals surface area contributed by atoms with Crippen LogP contribution >= 0.6 is 0 Å². The summed E-state index contributed by atoms with van der Waals surface area (Å²) in [5.74, 6) is -0.128. The van der Waals surface area contributed by atoms with Crippen molar-refractivity contribution in [3.8, 4) is 0 Å². The van der Waals surface area contributed by atoms with E-state index in [1.165, 1.54) is 17.3 Å². The van der Waals surface area contributed by atoms with Gasteiger partial charge >= 0.3 is 0 Å². The second-order valence-corrected chi connectivity index (χ2v) is 5.29. The lowest BCUT2D eigenvalue weighted by Crippen LogP contribution is -2.48. The number of carbonyl (C=O) groups excluding carboxylic acids is 1. The Labute approximate surface area is 122 Å². The molecule has 1 aromatic carbocycles. The Balaban J connectivity index is 1.65. The van der Waals surface area contributed by atoms with Crippen molar-refractivity contribution in [1.82, 2.24) is 15.1 Å². The molecule has 1 amide bonds. The van der Waals surface area contributed by atoms with Crippen molar-refractivity contribution in [2.45, 2.75) is 6.92 Å². The van der Waals surface area contributed by atoms with Gasteiger partial charge in [-0.1, -0.05) is 12.1 Å². The van der Waals surface area contributed by atoms with E-state index in [0.717, 1.165) is 13.1 Å². The van der Waals surface area contributed by atoms with Gasteiger partial charge in [-0.2, -0.15) is 0 Å². The molecule has 1 aliphatic heterocycles. The van der Waals surface area contributed by atoms with Gasteiger partial charge < -0.3 is 9.80 Å². The molecular weight excluding hydrogens is 268 g/mol. The summed E-state index contributed by atoms with van der Waals surface area (Å²) < 4.78 is 0. The Morgan fingerprint density at radius 3 is 2.48 bits per heavy atom. The maximum absolute atomic E-state index is 12.2. The van der Waals surface area contributed by atoms with E-state index in [4.69, 9.17) is 0 Å². The fraction of sp³-hybridized carbons (Fsp3) is 0.333. The van der Waals surface area contributed by atoms with Crippen LogP contribution in [0.25, 0.3) is 0 Å². The van der Waals surface area contributed by atoms with Gasteiger partial charge in [0.2, 0.25) is 0 Å². The topological polar surface area (TPSA) is 72.2 Å². The van der Waals surface area contributed by atoms with Crippen LogP contribution < -0.4 is 10.5 Å². The van der Waals surface area contributed by atoms with Crippen LogP contribution in [0.4, 0.5) is 5.69 Å². The summed E-state index contributed by atoms with van der Waals surface area (Å²) in [7, 11) is 0. The third kappa shape index (κ3) is 2.84. The number of anilines is 1. The molecule has 2 N–H and O–H groups in total. The van der Waals surface area contributed by atoms with Crippen molar-refractivity contribution in [1.29, 1.82) is 0 Å². The van der Waals surface area contributed by atoms with Crippen LogP contribution in [0.5, 0.6) is 0 Å². The van der Waals surface area contributed by atoms with Crippen LogP contribution in [-0.2, 0) is 0 Å². The molecule has 2 aromatic rings. The normalized spacial score (nSPS) is 15.3. The van der Waals surface area contributed by atoms with Gasteiger partial charge in [0, 0.05) is 37.9 Å². The molecule has 0 aliphatic carbocycles. The minimum absolute atomic E-state index is 0.128. The minimum atomic E-state index is -0.281. The lowest BCUT2D eigenvalue weighted by Gasteiger charge is -2.36. The number of aromatic nitrogens is 2. The molecule has 0 atom stereocenters. The highest BCUT2D eigenvalue weighted by molar-refractivity contribution is 5.92. The van der Waals surface area contributed by atoms with Crippen LogP contribution in [0.3, 0.4) is 0 Å². The van der Waals surface area contributed by atoms with Gasteiger partial charge in [-0.25, -0.2) is 0 Å². The number of nitrogens with one attached hydrogen (secondary N) is 2. The fourth-order valence-corrected chi connectivity index (χ4v) is 2.61. The zero-order chi connectivity index (χ0) is 14.8. The van der Waals surface area contributed by atoms with Gasteiger partial charge in [-0.05, 0) is 24.6 Å². The Kier molecular flexibility index (Phi) is 3.51. The summed E-state index contributed by atoms with van der Waals surface area (Å²) >= 11 is 0. The molecule has 0 unspecified atom stereocenters. The Morgan fingerprint density at radius 1 is 1.10 bits per heavy atom. The molecule has 3 rings (SSSR count). The lowest BCUT2D eigenvalue weighted by molar-refractivity contribution is 0.0741. The first-order valence-electron chi connectivity index (χ1n) is 7.02. The molecule has 0 saturated carbocycles. The number of hydrogen-bond acceptors (Lipinski definition) is 3. The highest BCUT2D eigenvalue weighted by atomic mass is 16.2. The highest BCUT2D eigenvalue weighted by Crippen LogP contribution is 2.18. The number of aromatic amines is 2. The summed E-state index contributed by atoms with van der Waals surface area (Å²) in [5.41, 5.74) is 2.47. The smallest absolute Gasteiger partial charge is 0.272 e. The molecule has 21 heavy (non-hydrogen) atoms. The predicted octanol–water partition coefficient (Wildman–Crippen LogP) is 0.974. The lowest BCUT2D eigenvalue weighted by atomic mass is 10.2. The zero-order valence-electron chi connectivity index (χ0n) is 11.9. The number of nitrogens with zero attached hydrogens (tertiary/aromatic N) is 2. The molecule has 6 nitrogen and oxygen atoms in total. The summed E-state index contributed by atoms with van der Waals surface area (Å²) in [6.45, 7) is 4.97. The number of carbonyl (C=O) groups is 1. The predicted molar refractivity (Wildman–Crippen MR) is 80.7 cm³/mol. The molecule has 1 aromatic heterocycles. The van der Waals surface area contributed by atoms with Crippen molar-refractivity contribution >= 4 is 11.6 Å². The number of hydrogen-bond donors (Lipinski definition) is 2. The molecule has 0 spiro atoms. The molecule has 6 heteroatoms. The van der Waals surface area contributed by atoms with Crippen molar-refractivity contribution in [2.24, 2.45) is 0 Å². The number of amides is 1. The van der Waals surface area contributed by atoms with Crippen LogP contribution in [0, 0.1) is 6.92 Å². The quantitative estimate of drug-likeness (QED) is 0.864.